The maximum absolute atomic E-state index is 10.6. The van der Waals surface area contributed by atoms with E-state index in [0.29, 0.717) is 10.8 Å². The molecule has 1 aliphatic rings. The number of amidine groups is 1. The van der Waals surface area contributed by atoms with Gasteiger partial charge in [0.05, 0.1) is 10.6 Å². The minimum absolute atomic E-state index is 0.0359. The molecular formula is C16H15N5O2S. The van der Waals surface area contributed by atoms with Gasteiger partial charge >= 0.3 is 0 Å². The third-order valence-electron chi connectivity index (χ3n) is 3.47. The molecule has 24 heavy (non-hydrogen) atoms. The molecule has 1 fully saturated rings. The van der Waals surface area contributed by atoms with Gasteiger partial charge in [0.1, 0.15) is 5.84 Å². The topological polar surface area (TPSA) is 82.8 Å². The molecule has 8 heteroatoms. The van der Waals surface area contributed by atoms with Gasteiger partial charge in [0.25, 0.3) is 5.69 Å². The average Bonchev–Trinajstić information content (AvgIpc) is 3.04. The molecule has 0 saturated carbocycles. The molecule has 0 amide bonds. The molecule has 1 heterocycles. The third kappa shape index (κ3) is 3.85. The van der Waals surface area contributed by atoms with E-state index >= 15 is 0 Å². The van der Waals surface area contributed by atoms with E-state index in [4.69, 9.17) is 12.2 Å². The number of nitro groups is 1. The first kappa shape index (κ1) is 15.9. The Morgan fingerprint density at radius 1 is 1.21 bits per heavy atom. The van der Waals surface area contributed by atoms with Crippen LogP contribution in [0.15, 0.2) is 59.6 Å². The molecule has 0 unspecified atom stereocenters. The van der Waals surface area contributed by atoms with Crippen LogP contribution in [-0.2, 0) is 0 Å². The van der Waals surface area contributed by atoms with Gasteiger partial charge < -0.3 is 5.32 Å². The quantitative estimate of drug-likeness (QED) is 0.507. The van der Waals surface area contributed by atoms with Gasteiger partial charge in [0.15, 0.2) is 5.11 Å². The number of para-hydroxylation sites is 1. The first-order valence-electron chi connectivity index (χ1n) is 7.34. The number of nitro benzene ring substituents is 1. The summed E-state index contributed by atoms with van der Waals surface area (Å²) < 4.78 is 0. The van der Waals surface area contributed by atoms with E-state index in [2.05, 4.69) is 15.7 Å². The van der Waals surface area contributed by atoms with E-state index in [1.54, 1.807) is 12.1 Å². The van der Waals surface area contributed by atoms with E-state index in [1.165, 1.54) is 12.1 Å². The highest BCUT2D eigenvalue weighted by atomic mass is 32.1. The number of hydrogen-bond donors (Lipinski definition) is 2. The molecule has 7 nitrogen and oxygen atoms in total. The Labute approximate surface area is 144 Å². The summed E-state index contributed by atoms with van der Waals surface area (Å²) in [5.41, 5.74) is 4.98. The molecule has 0 aliphatic carbocycles. The molecule has 0 bridgehead atoms. The van der Waals surface area contributed by atoms with Crippen LogP contribution in [0.5, 0.6) is 0 Å². The Kier molecular flexibility index (Phi) is 4.66. The SMILES string of the molecule is O=[N+]([O-])c1ccc(NC(=S)/N=C2\CCN(c3ccccc3)N2)cc1. The van der Waals surface area contributed by atoms with Crippen LogP contribution in [0.1, 0.15) is 6.42 Å². The van der Waals surface area contributed by atoms with Crippen LogP contribution >= 0.6 is 12.2 Å². The Bertz CT molecular complexity index is 777. The lowest BCUT2D eigenvalue weighted by Gasteiger charge is -2.17. The smallest absolute Gasteiger partial charge is 0.269 e. The van der Waals surface area contributed by atoms with Crippen LogP contribution in [0.25, 0.3) is 0 Å². The fourth-order valence-electron chi connectivity index (χ4n) is 2.31. The summed E-state index contributed by atoms with van der Waals surface area (Å²) in [7, 11) is 0. The summed E-state index contributed by atoms with van der Waals surface area (Å²) in [6, 6.07) is 16.0. The Morgan fingerprint density at radius 2 is 1.92 bits per heavy atom. The molecule has 3 rings (SSSR count). The van der Waals surface area contributed by atoms with Crippen molar-refractivity contribution in [2.45, 2.75) is 6.42 Å². The Hall–Kier alpha value is -3.00. The molecule has 0 radical (unpaired) electrons. The zero-order valence-electron chi connectivity index (χ0n) is 12.7. The normalized spacial score (nSPS) is 15.2. The average molecular weight is 341 g/mol. The second-order valence-electron chi connectivity index (χ2n) is 5.14. The van der Waals surface area contributed by atoms with Gasteiger partial charge in [0, 0.05) is 30.8 Å². The number of aliphatic imine (C=N–C) groups is 1. The number of non-ortho nitro benzene ring substituents is 1. The largest absolute Gasteiger partial charge is 0.331 e. The highest BCUT2D eigenvalue weighted by molar-refractivity contribution is 7.80. The van der Waals surface area contributed by atoms with Crippen LogP contribution in [0.4, 0.5) is 17.1 Å². The predicted molar refractivity (Wildman–Crippen MR) is 98.3 cm³/mol. The standard InChI is InChI=1S/C16H15N5O2S/c22-21(23)14-8-6-12(7-9-14)17-16(24)18-15-10-11-20(19-15)13-4-2-1-3-5-13/h1-9H,10-11H2,(H2,17,18,19,24). The van der Waals surface area contributed by atoms with Gasteiger partial charge in [-0.2, -0.15) is 0 Å². The van der Waals surface area contributed by atoms with Crippen molar-refractivity contribution in [3.63, 3.8) is 0 Å². The lowest BCUT2D eigenvalue weighted by Crippen LogP contribution is -2.33. The van der Waals surface area contributed by atoms with Crippen molar-refractivity contribution < 1.29 is 4.92 Å². The number of rotatable bonds is 3. The summed E-state index contributed by atoms with van der Waals surface area (Å²) in [5.74, 6) is 0.776. The lowest BCUT2D eigenvalue weighted by atomic mass is 10.3. The van der Waals surface area contributed by atoms with Crippen molar-refractivity contribution in [1.82, 2.24) is 5.43 Å². The van der Waals surface area contributed by atoms with Crippen LogP contribution in [0.3, 0.4) is 0 Å². The Balaban J connectivity index is 1.60. The van der Waals surface area contributed by atoms with Gasteiger partial charge in [-0.25, -0.2) is 4.99 Å². The first-order chi connectivity index (χ1) is 11.6. The maximum Gasteiger partial charge on any atom is 0.269 e. The minimum Gasteiger partial charge on any atom is -0.331 e. The van der Waals surface area contributed by atoms with E-state index < -0.39 is 4.92 Å². The molecule has 2 aromatic carbocycles. The fraction of sp³-hybridized carbons (Fsp3) is 0.125. The van der Waals surface area contributed by atoms with Crippen LogP contribution in [-0.4, -0.2) is 22.4 Å². The number of nitrogens with zero attached hydrogens (tertiary/aromatic N) is 3. The number of benzene rings is 2. The molecule has 0 atom stereocenters. The number of hydrogen-bond acceptors (Lipinski definition) is 4. The van der Waals surface area contributed by atoms with E-state index in [-0.39, 0.29) is 5.69 Å². The summed E-state index contributed by atoms with van der Waals surface area (Å²) >= 11 is 5.22. The molecule has 1 saturated heterocycles. The van der Waals surface area contributed by atoms with Crippen molar-refractivity contribution in [3.05, 3.63) is 64.7 Å². The fourth-order valence-corrected chi connectivity index (χ4v) is 2.54. The van der Waals surface area contributed by atoms with Crippen molar-refractivity contribution in [1.29, 1.82) is 0 Å². The summed E-state index contributed by atoms with van der Waals surface area (Å²) in [6.07, 6.45) is 0.761. The molecule has 2 aromatic rings. The van der Waals surface area contributed by atoms with Gasteiger partial charge in [0.2, 0.25) is 0 Å². The number of nitrogens with one attached hydrogen (secondary N) is 2. The van der Waals surface area contributed by atoms with Crippen molar-refractivity contribution in [2.75, 3.05) is 16.9 Å². The summed E-state index contributed by atoms with van der Waals surface area (Å²) in [5, 5.41) is 15.9. The second kappa shape index (κ2) is 7.05. The van der Waals surface area contributed by atoms with E-state index in [1.807, 2.05) is 35.3 Å². The van der Waals surface area contributed by atoms with Gasteiger partial charge in [-0.15, -0.1) is 0 Å². The van der Waals surface area contributed by atoms with Gasteiger partial charge in [-0.3, -0.25) is 20.5 Å². The number of hydrazine groups is 1. The van der Waals surface area contributed by atoms with Crippen LogP contribution in [0.2, 0.25) is 0 Å². The van der Waals surface area contributed by atoms with Crippen LogP contribution < -0.4 is 15.8 Å². The molecule has 122 valence electrons. The van der Waals surface area contributed by atoms with E-state index in [0.717, 1.165) is 24.5 Å². The maximum atomic E-state index is 10.6. The minimum atomic E-state index is -0.442. The molecule has 0 aromatic heterocycles. The number of thiocarbonyl (C=S) groups is 1. The zero-order valence-corrected chi connectivity index (χ0v) is 13.5. The first-order valence-corrected chi connectivity index (χ1v) is 7.75. The third-order valence-corrected chi connectivity index (χ3v) is 3.66. The van der Waals surface area contributed by atoms with E-state index in [9.17, 15) is 10.1 Å². The van der Waals surface area contributed by atoms with Crippen molar-refractivity contribution in [3.8, 4) is 0 Å². The van der Waals surface area contributed by atoms with Gasteiger partial charge in [-0.05, 0) is 36.5 Å². The zero-order chi connectivity index (χ0) is 16.9. The van der Waals surface area contributed by atoms with Crippen molar-refractivity contribution >= 4 is 40.2 Å². The van der Waals surface area contributed by atoms with Gasteiger partial charge in [-0.1, -0.05) is 18.2 Å². The Morgan fingerprint density at radius 3 is 2.58 bits per heavy atom. The monoisotopic (exact) mass is 341 g/mol. The van der Waals surface area contributed by atoms with Crippen molar-refractivity contribution in [2.24, 2.45) is 4.99 Å². The molecule has 0 spiro atoms. The second-order valence-corrected chi connectivity index (χ2v) is 5.53. The highest BCUT2D eigenvalue weighted by Crippen LogP contribution is 2.17. The number of anilines is 2. The van der Waals surface area contributed by atoms with Crippen LogP contribution in [0, 0.1) is 10.1 Å². The lowest BCUT2D eigenvalue weighted by molar-refractivity contribution is -0.384. The molecular weight excluding hydrogens is 326 g/mol. The summed E-state index contributed by atoms with van der Waals surface area (Å²) in [6.45, 7) is 0.809. The highest BCUT2D eigenvalue weighted by Gasteiger charge is 2.17. The molecule has 2 N–H and O–H groups in total. The summed E-state index contributed by atoms with van der Waals surface area (Å²) in [4.78, 5) is 14.6. The predicted octanol–water partition coefficient (Wildman–Crippen LogP) is 3.11. The molecule has 1 aliphatic heterocycles.